The highest BCUT2D eigenvalue weighted by Crippen LogP contribution is 2.56. The lowest BCUT2D eigenvalue weighted by molar-refractivity contribution is 0.666. The minimum absolute atomic E-state index is 0.0902. The number of rotatable bonds is 6. The van der Waals surface area contributed by atoms with Crippen molar-refractivity contribution in [1.82, 2.24) is 29.9 Å². The van der Waals surface area contributed by atoms with E-state index in [4.69, 9.17) is 34.3 Å². The van der Waals surface area contributed by atoms with Gasteiger partial charge in [-0.05, 0) is 164 Å². The Labute approximate surface area is 722 Å². The topological polar surface area (TPSA) is 90.5 Å². The molecule has 0 N–H and O–H groups in total. The average Bonchev–Trinajstić information content (AvgIpc) is 1.62. The summed E-state index contributed by atoms with van der Waals surface area (Å²) in [6, 6.07) is 142. The molecular formula is C117H72N6OS. The van der Waals surface area contributed by atoms with E-state index in [1.54, 1.807) is 0 Å². The number of thiophene rings is 1. The number of furan rings is 1. The summed E-state index contributed by atoms with van der Waals surface area (Å²) in [5, 5.41) is 29.7. The summed E-state index contributed by atoms with van der Waals surface area (Å²) >= 11 is 1.90. The monoisotopic (exact) mass is 1610 g/mol. The third-order valence-electron chi connectivity index (χ3n) is 25.9. The second-order valence-corrected chi connectivity index (χ2v) is 34.3. The number of para-hydroxylation sites is 5. The van der Waals surface area contributed by atoms with Crippen LogP contribution in [0.2, 0.25) is 0 Å². The quantitative estimate of drug-likeness (QED) is 0.153. The van der Waals surface area contributed by atoms with E-state index in [1.165, 1.54) is 134 Å². The molecule has 0 amide bonds. The summed E-state index contributed by atoms with van der Waals surface area (Å²) in [5.41, 5.74) is 21.1. The molecule has 0 fully saturated rings. The van der Waals surface area contributed by atoms with E-state index in [1.807, 2.05) is 78.1 Å². The molecule has 5 heterocycles. The fraction of sp³-hybridized carbons (Fsp3) is 0.0256. The molecule has 0 aliphatic heterocycles. The molecule has 1 aliphatic carbocycles. The fourth-order valence-corrected chi connectivity index (χ4v) is 21.5. The zero-order chi connectivity index (χ0) is 82.5. The van der Waals surface area contributed by atoms with Crippen LogP contribution in [0.4, 0.5) is 0 Å². The SMILES string of the molecule is CC1(C)c2ccccc2-c2c1c1ccc3cc(-c4nc5ccccc5nc4-c4ccccc4)ccc3c1c1ccccc21.c1ccc(-c2nc(-c3ccc4c(ccc5c6oc7ccccc7c6c6ccccc6c45)c3)nc3ccccc23)cc1.c1ccc(-c2nc(-c3ccc4c(ccc5c6sc7ccccc7c6c6ccccc6c45)c3)nc3ccccc23)cc1. The third kappa shape index (κ3) is 11.5. The van der Waals surface area contributed by atoms with E-state index in [-0.39, 0.29) is 5.41 Å². The van der Waals surface area contributed by atoms with Gasteiger partial charge in [0.1, 0.15) is 11.2 Å². The molecule has 7 nitrogen and oxygen atoms in total. The summed E-state index contributed by atoms with van der Waals surface area (Å²) < 4.78 is 9.18. The van der Waals surface area contributed by atoms with Gasteiger partial charge in [-0.1, -0.05) is 354 Å². The van der Waals surface area contributed by atoms with Crippen molar-refractivity contribution in [2.24, 2.45) is 0 Å². The van der Waals surface area contributed by atoms with Gasteiger partial charge in [-0.15, -0.1) is 11.3 Å². The molecule has 0 atom stereocenters. The second kappa shape index (κ2) is 28.6. The van der Waals surface area contributed by atoms with E-state index in [0.29, 0.717) is 0 Å². The second-order valence-electron chi connectivity index (χ2n) is 33.3. The first-order valence-electron chi connectivity index (χ1n) is 42.6. The molecule has 26 aromatic rings. The Morgan fingerprint density at radius 3 is 1.19 bits per heavy atom. The standard InChI is InChI=1S/C41H28N2.C38H22N2O.C38H22N2S/c1-41(2)33-17-9-8-16-31(33)37-30-15-7-6-14-29(30)36-28-22-21-27(24-26(28)20-23-32(36)38(37)41)40-39(25-12-4-3-5-13-25)42-34-18-10-11-19-35(34)43-40;2*1-2-10-23(11-3-1)36-29-14-6-8-16-32(29)39-38(40-36)25-19-20-26-24(22-25)18-21-31-34(26)27-12-4-5-13-28(27)35-30-15-7-9-17-33(30)41-37(31)35/h3-24H,1-2H3;2*1-22H. The minimum atomic E-state index is -0.0902. The van der Waals surface area contributed by atoms with Crippen molar-refractivity contribution in [3.63, 3.8) is 0 Å². The van der Waals surface area contributed by atoms with Crippen molar-refractivity contribution in [2.45, 2.75) is 19.3 Å². The molecule has 5 aromatic heterocycles. The highest BCUT2D eigenvalue weighted by atomic mass is 32.1. The van der Waals surface area contributed by atoms with Crippen molar-refractivity contribution in [1.29, 1.82) is 0 Å². The van der Waals surface area contributed by atoms with Crippen LogP contribution in [0.3, 0.4) is 0 Å². The van der Waals surface area contributed by atoms with Crippen molar-refractivity contribution in [2.75, 3.05) is 0 Å². The zero-order valence-electron chi connectivity index (χ0n) is 68.1. The molecule has 0 unspecified atom stereocenters. The lowest BCUT2D eigenvalue weighted by atomic mass is 9.78. The number of hydrogen-bond acceptors (Lipinski definition) is 8. The Kier molecular flexibility index (Phi) is 16.4. The lowest BCUT2D eigenvalue weighted by Crippen LogP contribution is -2.15. The molecule has 0 saturated carbocycles. The molecule has 0 saturated heterocycles. The largest absolute Gasteiger partial charge is 0.455 e. The van der Waals surface area contributed by atoms with Gasteiger partial charge in [0, 0.05) is 96.7 Å². The number of hydrogen-bond donors (Lipinski definition) is 0. The number of fused-ring (bicyclic) bond motifs is 33. The third-order valence-corrected chi connectivity index (χ3v) is 27.1. The molecule has 27 rings (SSSR count). The van der Waals surface area contributed by atoms with Crippen LogP contribution >= 0.6 is 11.3 Å². The summed E-state index contributed by atoms with van der Waals surface area (Å²) in [4.78, 5) is 30.5. The van der Waals surface area contributed by atoms with E-state index in [9.17, 15) is 0 Å². The van der Waals surface area contributed by atoms with Gasteiger partial charge < -0.3 is 4.42 Å². The maximum Gasteiger partial charge on any atom is 0.160 e. The maximum absolute atomic E-state index is 6.49. The Bertz CT molecular complexity index is 8680. The highest BCUT2D eigenvalue weighted by molar-refractivity contribution is 7.27. The van der Waals surface area contributed by atoms with Crippen LogP contribution in [-0.2, 0) is 5.41 Å². The molecule has 0 radical (unpaired) electrons. The van der Waals surface area contributed by atoms with Crippen LogP contribution in [0.25, 0.3) is 251 Å². The summed E-state index contributed by atoms with van der Waals surface area (Å²) in [6.07, 6.45) is 0. The highest BCUT2D eigenvalue weighted by Gasteiger charge is 2.39. The molecule has 8 heteroatoms. The Morgan fingerprint density at radius 2 is 0.624 bits per heavy atom. The van der Waals surface area contributed by atoms with Crippen molar-refractivity contribution in [3.8, 4) is 78.9 Å². The van der Waals surface area contributed by atoms with Crippen LogP contribution in [0, 0.1) is 0 Å². The molecule has 125 heavy (non-hydrogen) atoms. The molecule has 582 valence electrons. The molecule has 21 aromatic carbocycles. The van der Waals surface area contributed by atoms with Gasteiger partial charge >= 0.3 is 0 Å². The first-order valence-corrected chi connectivity index (χ1v) is 43.4. The van der Waals surface area contributed by atoms with E-state index < -0.39 is 0 Å². The van der Waals surface area contributed by atoms with Gasteiger partial charge in [0.2, 0.25) is 0 Å². The summed E-state index contributed by atoms with van der Waals surface area (Å²) in [5.74, 6) is 1.47. The van der Waals surface area contributed by atoms with Crippen LogP contribution in [0.5, 0.6) is 0 Å². The van der Waals surface area contributed by atoms with Crippen molar-refractivity contribution >= 4 is 183 Å². The Balaban J connectivity index is 0.000000103. The average molecular weight is 1610 g/mol. The van der Waals surface area contributed by atoms with Crippen LogP contribution < -0.4 is 0 Å². The molecule has 0 bridgehead atoms. The maximum atomic E-state index is 6.49. The summed E-state index contributed by atoms with van der Waals surface area (Å²) in [7, 11) is 0. The first-order chi connectivity index (χ1) is 61.8. The van der Waals surface area contributed by atoms with Gasteiger partial charge in [0.25, 0.3) is 0 Å². The fourth-order valence-electron chi connectivity index (χ4n) is 20.3. The lowest BCUT2D eigenvalue weighted by Gasteiger charge is -2.24. The predicted molar refractivity (Wildman–Crippen MR) is 527 cm³/mol. The molecule has 1 aliphatic rings. The van der Waals surface area contributed by atoms with Crippen LogP contribution in [0.1, 0.15) is 25.0 Å². The van der Waals surface area contributed by atoms with Gasteiger partial charge in [-0.25, -0.2) is 29.9 Å². The number of aromatic nitrogens is 6. The van der Waals surface area contributed by atoms with Crippen LogP contribution in [0.15, 0.2) is 405 Å². The van der Waals surface area contributed by atoms with Gasteiger partial charge in [0.05, 0.1) is 44.8 Å². The van der Waals surface area contributed by atoms with Gasteiger partial charge in [0.15, 0.2) is 11.6 Å². The summed E-state index contributed by atoms with van der Waals surface area (Å²) in [6.45, 7) is 4.76. The smallest absolute Gasteiger partial charge is 0.160 e. The number of benzene rings is 21. The van der Waals surface area contributed by atoms with Crippen molar-refractivity contribution in [3.05, 3.63) is 412 Å². The Morgan fingerprint density at radius 1 is 0.240 bits per heavy atom. The zero-order valence-corrected chi connectivity index (χ0v) is 68.9. The first kappa shape index (κ1) is 71.9. The van der Waals surface area contributed by atoms with Crippen LogP contribution in [-0.4, -0.2) is 29.9 Å². The van der Waals surface area contributed by atoms with E-state index in [0.717, 1.165) is 128 Å². The predicted octanol–water partition coefficient (Wildman–Crippen LogP) is 31.8. The normalized spacial score (nSPS) is 12.5. The van der Waals surface area contributed by atoms with Gasteiger partial charge in [-0.3, -0.25) is 0 Å². The molecular weight excluding hydrogens is 1540 g/mol. The number of nitrogens with zero attached hydrogens (tertiary/aromatic N) is 6. The van der Waals surface area contributed by atoms with E-state index in [2.05, 4.69) is 347 Å². The molecule has 0 spiro atoms. The van der Waals surface area contributed by atoms with Gasteiger partial charge in [-0.2, -0.15) is 0 Å². The Hall–Kier alpha value is -16.0. The van der Waals surface area contributed by atoms with Crippen molar-refractivity contribution < 1.29 is 4.42 Å². The van der Waals surface area contributed by atoms with E-state index >= 15 is 0 Å². The minimum Gasteiger partial charge on any atom is -0.455 e.